The first kappa shape index (κ1) is 10.7. The van der Waals surface area contributed by atoms with Crippen LogP contribution in [0.25, 0.3) is 0 Å². The Morgan fingerprint density at radius 2 is 2.38 bits per heavy atom. The highest BCUT2D eigenvalue weighted by molar-refractivity contribution is 7.80. The van der Waals surface area contributed by atoms with Gasteiger partial charge in [-0.25, -0.2) is 0 Å². The molecule has 0 aliphatic carbocycles. The van der Waals surface area contributed by atoms with Gasteiger partial charge in [-0.1, -0.05) is 6.92 Å². The van der Waals surface area contributed by atoms with Crippen LogP contribution in [-0.2, 0) is 0 Å². The quantitative estimate of drug-likeness (QED) is 0.647. The van der Waals surface area contributed by atoms with Crippen molar-refractivity contribution in [3.05, 3.63) is 0 Å². The summed E-state index contributed by atoms with van der Waals surface area (Å²) in [6.45, 7) is 6.86. The molecule has 1 saturated heterocycles. The Bertz CT molecular complexity index is 172. The van der Waals surface area contributed by atoms with Gasteiger partial charge >= 0.3 is 0 Å². The summed E-state index contributed by atoms with van der Waals surface area (Å²) in [5.41, 5.74) is 0. The van der Waals surface area contributed by atoms with Crippen molar-refractivity contribution in [2.45, 2.75) is 13.3 Å². The van der Waals surface area contributed by atoms with E-state index in [2.05, 4.69) is 22.5 Å². The summed E-state index contributed by atoms with van der Waals surface area (Å²) in [6, 6.07) is 0. The predicted molar refractivity (Wildman–Crippen MR) is 59.9 cm³/mol. The number of nitrogens with zero attached hydrogens (tertiary/aromatic N) is 1. The molecule has 1 fully saturated rings. The minimum atomic E-state index is 0.759. The summed E-state index contributed by atoms with van der Waals surface area (Å²) < 4.78 is 0. The van der Waals surface area contributed by atoms with Crippen LogP contribution in [0.4, 0.5) is 0 Å². The number of likely N-dealkylation sites (tertiary alicyclic amines) is 1. The van der Waals surface area contributed by atoms with Crippen LogP contribution in [0.15, 0.2) is 0 Å². The van der Waals surface area contributed by atoms with Crippen molar-refractivity contribution in [2.24, 2.45) is 5.92 Å². The van der Waals surface area contributed by atoms with Crippen LogP contribution in [0.1, 0.15) is 13.3 Å². The third kappa shape index (κ3) is 3.48. The van der Waals surface area contributed by atoms with Crippen molar-refractivity contribution >= 4 is 17.3 Å². The third-order valence-corrected chi connectivity index (χ3v) is 2.94. The summed E-state index contributed by atoms with van der Waals surface area (Å²) in [5.74, 6) is 0.770. The minimum Gasteiger partial charge on any atom is -0.366 e. The Kier molecular flexibility index (Phi) is 4.45. The smallest absolute Gasteiger partial charge is 0.166 e. The number of rotatable bonds is 3. The summed E-state index contributed by atoms with van der Waals surface area (Å²) in [4.78, 5) is 2.48. The number of hydrogen-bond donors (Lipinski definition) is 2. The number of thiocarbonyl (C=S) groups is 1. The molecule has 1 aliphatic heterocycles. The van der Waals surface area contributed by atoms with Gasteiger partial charge in [-0.2, -0.15) is 0 Å². The Labute approximate surface area is 85.9 Å². The Morgan fingerprint density at radius 3 is 2.92 bits per heavy atom. The molecule has 76 valence electrons. The molecule has 0 aromatic carbocycles. The average Bonchev–Trinajstić information content (AvgIpc) is 2.61. The Hall–Kier alpha value is -0.350. The van der Waals surface area contributed by atoms with Crippen LogP contribution in [0.5, 0.6) is 0 Å². The highest BCUT2D eigenvalue weighted by Crippen LogP contribution is 2.14. The van der Waals surface area contributed by atoms with Crippen molar-refractivity contribution < 1.29 is 0 Å². The van der Waals surface area contributed by atoms with Gasteiger partial charge in [-0.15, -0.1) is 0 Å². The molecule has 1 atom stereocenters. The van der Waals surface area contributed by atoms with E-state index >= 15 is 0 Å². The third-order valence-electron chi connectivity index (χ3n) is 2.60. The van der Waals surface area contributed by atoms with E-state index in [9.17, 15) is 0 Å². The number of hydrogen-bond acceptors (Lipinski definition) is 2. The largest absolute Gasteiger partial charge is 0.366 e. The normalized spacial score (nSPS) is 23.1. The lowest BCUT2D eigenvalue weighted by Crippen LogP contribution is -2.36. The van der Waals surface area contributed by atoms with E-state index in [1.54, 1.807) is 0 Å². The van der Waals surface area contributed by atoms with Crippen molar-refractivity contribution in [2.75, 3.05) is 33.2 Å². The van der Waals surface area contributed by atoms with Gasteiger partial charge in [-0.05, 0) is 37.6 Å². The minimum absolute atomic E-state index is 0.759. The lowest BCUT2D eigenvalue weighted by atomic mass is 10.1. The summed E-state index contributed by atoms with van der Waals surface area (Å²) in [6.07, 6.45) is 1.30. The second-order valence-corrected chi connectivity index (χ2v) is 3.92. The standard InChI is InChI=1S/C9H19N3S/c1-3-12-5-4-8(7-12)6-11-9(13)10-2/h8H,3-7H2,1-2H3,(H2,10,11,13). The zero-order valence-electron chi connectivity index (χ0n) is 8.47. The maximum absolute atomic E-state index is 5.01. The predicted octanol–water partition coefficient (Wildman–Crippen LogP) is 0.422. The van der Waals surface area contributed by atoms with Gasteiger partial charge in [0.1, 0.15) is 0 Å². The van der Waals surface area contributed by atoms with E-state index in [1.807, 2.05) is 7.05 Å². The maximum Gasteiger partial charge on any atom is 0.166 e. The topological polar surface area (TPSA) is 27.3 Å². The molecule has 1 rings (SSSR count). The van der Waals surface area contributed by atoms with Crippen LogP contribution in [0, 0.1) is 5.92 Å². The first-order valence-corrected chi connectivity index (χ1v) is 5.35. The van der Waals surface area contributed by atoms with Gasteiger partial charge in [0.2, 0.25) is 0 Å². The molecule has 1 aliphatic rings. The molecule has 3 nitrogen and oxygen atoms in total. The lowest BCUT2D eigenvalue weighted by molar-refractivity contribution is 0.342. The monoisotopic (exact) mass is 201 g/mol. The van der Waals surface area contributed by atoms with Crippen LogP contribution in [0.3, 0.4) is 0 Å². The molecule has 0 saturated carbocycles. The molecular weight excluding hydrogens is 182 g/mol. The van der Waals surface area contributed by atoms with Crippen molar-refractivity contribution in [3.63, 3.8) is 0 Å². The first-order chi connectivity index (χ1) is 6.26. The van der Waals surface area contributed by atoms with Crippen molar-refractivity contribution in [1.82, 2.24) is 15.5 Å². The molecule has 0 bridgehead atoms. The summed E-state index contributed by atoms with van der Waals surface area (Å²) in [5, 5.41) is 6.89. The Morgan fingerprint density at radius 1 is 1.62 bits per heavy atom. The molecule has 1 unspecified atom stereocenters. The van der Waals surface area contributed by atoms with Crippen LogP contribution in [0.2, 0.25) is 0 Å². The molecule has 13 heavy (non-hydrogen) atoms. The Balaban J connectivity index is 2.13. The van der Waals surface area contributed by atoms with E-state index in [0.717, 1.165) is 17.6 Å². The number of nitrogens with one attached hydrogen (secondary N) is 2. The van der Waals surface area contributed by atoms with Crippen molar-refractivity contribution in [3.8, 4) is 0 Å². The molecule has 0 spiro atoms. The summed E-state index contributed by atoms with van der Waals surface area (Å²) in [7, 11) is 1.85. The van der Waals surface area contributed by atoms with Gasteiger partial charge in [-0.3, -0.25) is 0 Å². The SMILES string of the molecule is CCN1CCC(CNC(=S)NC)C1. The fourth-order valence-corrected chi connectivity index (χ4v) is 1.78. The van der Waals surface area contributed by atoms with E-state index < -0.39 is 0 Å². The first-order valence-electron chi connectivity index (χ1n) is 4.94. The van der Waals surface area contributed by atoms with Gasteiger partial charge in [0.15, 0.2) is 5.11 Å². The van der Waals surface area contributed by atoms with Crippen LogP contribution >= 0.6 is 12.2 Å². The second-order valence-electron chi connectivity index (χ2n) is 3.51. The van der Waals surface area contributed by atoms with Gasteiger partial charge in [0.05, 0.1) is 0 Å². The van der Waals surface area contributed by atoms with E-state index in [4.69, 9.17) is 12.2 Å². The zero-order valence-corrected chi connectivity index (χ0v) is 9.28. The molecule has 0 aromatic heterocycles. The van der Waals surface area contributed by atoms with Crippen LogP contribution in [-0.4, -0.2) is 43.2 Å². The zero-order chi connectivity index (χ0) is 9.68. The highest BCUT2D eigenvalue weighted by Gasteiger charge is 2.20. The maximum atomic E-state index is 5.01. The fraction of sp³-hybridized carbons (Fsp3) is 0.889. The highest BCUT2D eigenvalue weighted by atomic mass is 32.1. The fourth-order valence-electron chi connectivity index (χ4n) is 1.69. The summed E-state index contributed by atoms with van der Waals surface area (Å²) >= 11 is 5.01. The molecule has 0 amide bonds. The van der Waals surface area contributed by atoms with Gasteiger partial charge in [0, 0.05) is 20.1 Å². The van der Waals surface area contributed by atoms with Crippen LogP contribution < -0.4 is 10.6 Å². The average molecular weight is 201 g/mol. The molecule has 0 aromatic rings. The molecular formula is C9H19N3S. The molecule has 1 heterocycles. The lowest BCUT2D eigenvalue weighted by Gasteiger charge is -2.14. The van der Waals surface area contributed by atoms with Crippen molar-refractivity contribution in [1.29, 1.82) is 0 Å². The van der Waals surface area contributed by atoms with Gasteiger partial charge in [0.25, 0.3) is 0 Å². The second kappa shape index (κ2) is 5.40. The van der Waals surface area contributed by atoms with E-state index in [1.165, 1.54) is 26.1 Å². The molecule has 4 heteroatoms. The molecule has 0 radical (unpaired) electrons. The van der Waals surface area contributed by atoms with E-state index in [-0.39, 0.29) is 0 Å². The van der Waals surface area contributed by atoms with Gasteiger partial charge < -0.3 is 15.5 Å². The van der Waals surface area contributed by atoms with E-state index in [0.29, 0.717) is 0 Å². The molecule has 2 N–H and O–H groups in total.